The Kier molecular flexibility index (Phi) is 9.11. The van der Waals surface area contributed by atoms with Gasteiger partial charge in [0.1, 0.15) is 12.3 Å². The van der Waals surface area contributed by atoms with Gasteiger partial charge in [-0.1, -0.05) is 60.1 Å². The molecular formula is C32H32ClN5O3. The highest BCUT2D eigenvalue weighted by atomic mass is 35.5. The van der Waals surface area contributed by atoms with Gasteiger partial charge in [-0.15, -0.1) is 10.2 Å². The summed E-state index contributed by atoms with van der Waals surface area (Å²) in [4.78, 5) is 32.4. The zero-order valence-electron chi connectivity index (χ0n) is 22.9. The van der Waals surface area contributed by atoms with Gasteiger partial charge in [0, 0.05) is 43.9 Å². The van der Waals surface area contributed by atoms with Gasteiger partial charge < -0.3 is 19.4 Å². The van der Waals surface area contributed by atoms with Crippen LogP contribution in [0.4, 0.5) is 5.82 Å². The number of aromatic nitrogens is 2. The topological polar surface area (TPSA) is 78.9 Å². The zero-order valence-corrected chi connectivity index (χ0v) is 23.7. The second-order valence-corrected chi connectivity index (χ2v) is 10.2. The first-order chi connectivity index (χ1) is 20.0. The maximum Gasteiger partial charge on any atom is 0.254 e. The summed E-state index contributed by atoms with van der Waals surface area (Å²) < 4.78 is 5.23. The van der Waals surface area contributed by atoms with Crippen molar-refractivity contribution in [2.24, 2.45) is 0 Å². The number of hydrogen-bond acceptors (Lipinski definition) is 6. The molecule has 1 fully saturated rings. The van der Waals surface area contributed by atoms with Gasteiger partial charge in [-0.25, -0.2) is 0 Å². The highest BCUT2D eigenvalue weighted by Gasteiger charge is 2.26. The summed E-state index contributed by atoms with van der Waals surface area (Å²) in [5, 5.41) is 9.42. The first kappa shape index (κ1) is 28.1. The predicted molar refractivity (Wildman–Crippen MR) is 160 cm³/mol. The maximum atomic E-state index is 13.5. The number of anilines is 1. The van der Waals surface area contributed by atoms with Gasteiger partial charge >= 0.3 is 0 Å². The summed E-state index contributed by atoms with van der Waals surface area (Å²) in [6, 6.07) is 28.3. The largest absolute Gasteiger partial charge is 0.497 e. The van der Waals surface area contributed by atoms with E-state index in [-0.39, 0.29) is 18.4 Å². The minimum atomic E-state index is -0.176. The van der Waals surface area contributed by atoms with Crippen LogP contribution < -0.4 is 9.64 Å². The molecule has 41 heavy (non-hydrogen) atoms. The molecule has 1 aliphatic rings. The average Bonchev–Trinajstić information content (AvgIpc) is 3.03. The van der Waals surface area contributed by atoms with Gasteiger partial charge in [0.25, 0.3) is 5.91 Å². The minimum Gasteiger partial charge on any atom is -0.497 e. The van der Waals surface area contributed by atoms with Gasteiger partial charge in [0.2, 0.25) is 5.91 Å². The van der Waals surface area contributed by atoms with Crippen LogP contribution in [0, 0.1) is 0 Å². The molecule has 0 spiro atoms. The van der Waals surface area contributed by atoms with E-state index in [1.807, 2.05) is 71.6 Å². The van der Waals surface area contributed by atoms with Gasteiger partial charge in [0.05, 0.1) is 17.8 Å². The van der Waals surface area contributed by atoms with Crippen molar-refractivity contribution in [3.8, 4) is 17.0 Å². The van der Waals surface area contributed by atoms with Crippen LogP contribution in [0.15, 0.2) is 91.0 Å². The quantitative estimate of drug-likeness (QED) is 0.287. The van der Waals surface area contributed by atoms with Crippen LogP contribution in [-0.4, -0.2) is 78.2 Å². The molecule has 1 saturated heterocycles. The number of halogens is 1. The van der Waals surface area contributed by atoms with Crippen molar-refractivity contribution < 1.29 is 14.3 Å². The summed E-state index contributed by atoms with van der Waals surface area (Å²) in [5.74, 6) is 1.19. The van der Waals surface area contributed by atoms with E-state index in [2.05, 4.69) is 15.1 Å². The van der Waals surface area contributed by atoms with E-state index in [9.17, 15) is 9.59 Å². The fraction of sp³-hybridized carbons (Fsp3) is 0.250. The predicted octanol–water partition coefficient (Wildman–Crippen LogP) is 4.84. The molecular weight excluding hydrogens is 538 g/mol. The number of carbonyl (C=O) groups is 2. The molecule has 1 aromatic heterocycles. The second kappa shape index (κ2) is 13.3. The number of hydrogen-bond donors (Lipinski definition) is 0. The lowest BCUT2D eigenvalue weighted by Gasteiger charge is -2.36. The normalized spacial score (nSPS) is 13.1. The number of rotatable bonds is 9. The Bertz CT molecular complexity index is 1460. The van der Waals surface area contributed by atoms with Crippen molar-refractivity contribution in [1.29, 1.82) is 0 Å². The third-order valence-electron chi connectivity index (χ3n) is 7.22. The number of nitrogens with zero attached hydrogens (tertiary/aromatic N) is 5. The van der Waals surface area contributed by atoms with Crippen molar-refractivity contribution >= 4 is 29.2 Å². The van der Waals surface area contributed by atoms with E-state index < -0.39 is 0 Å². The molecule has 3 aromatic carbocycles. The van der Waals surface area contributed by atoms with Gasteiger partial charge in [-0.3, -0.25) is 9.59 Å². The molecule has 2 heterocycles. The SMILES string of the molecule is COc1ccc(C(=O)N(CCc2ccccc2)CC(=O)N2CCN(c3ccc(-c4ccccc4Cl)nn3)CC2)cc1. The first-order valence-corrected chi connectivity index (χ1v) is 14.0. The Hall–Kier alpha value is -4.43. The molecule has 1 aliphatic heterocycles. The van der Waals surface area contributed by atoms with Crippen molar-refractivity contribution in [2.45, 2.75) is 6.42 Å². The maximum absolute atomic E-state index is 13.5. The lowest BCUT2D eigenvalue weighted by molar-refractivity contribution is -0.132. The lowest BCUT2D eigenvalue weighted by Crippen LogP contribution is -2.52. The monoisotopic (exact) mass is 569 g/mol. The van der Waals surface area contributed by atoms with Crippen molar-refractivity contribution in [1.82, 2.24) is 20.0 Å². The molecule has 0 atom stereocenters. The molecule has 0 saturated carbocycles. The molecule has 0 bridgehead atoms. The standard InChI is InChI=1S/C32H32ClN5O3/c1-41-26-13-11-25(12-14-26)32(40)38(18-17-24-7-3-2-4-8-24)23-31(39)37-21-19-36(20-22-37)30-16-15-29(34-35-30)27-9-5-6-10-28(27)33/h2-16H,17-23H2,1H3. The summed E-state index contributed by atoms with van der Waals surface area (Å²) >= 11 is 6.30. The summed E-state index contributed by atoms with van der Waals surface area (Å²) in [7, 11) is 1.59. The number of amides is 2. The van der Waals surface area contributed by atoms with Gasteiger partial charge in [0.15, 0.2) is 5.82 Å². The smallest absolute Gasteiger partial charge is 0.254 e. The average molecular weight is 570 g/mol. The number of carbonyl (C=O) groups excluding carboxylic acids is 2. The van der Waals surface area contributed by atoms with Crippen molar-refractivity contribution in [2.75, 3.05) is 51.3 Å². The number of methoxy groups -OCH3 is 1. The van der Waals surface area contributed by atoms with Gasteiger partial charge in [-0.2, -0.15) is 0 Å². The molecule has 0 N–H and O–H groups in total. The molecule has 5 rings (SSSR count). The molecule has 210 valence electrons. The summed E-state index contributed by atoms with van der Waals surface area (Å²) in [5.41, 5.74) is 3.19. The lowest BCUT2D eigenvalue weighted by atomic mass is 10.1. The Balaban J connectivity index is 1.21. The molecule has 9 heteroatoms. The van der Waals surface area contributed by atoms with Crippen LogP contribution >= 0.6 is 11.6 Å². The zero-order chi connectivity index (χ0) is 28.6. The van der Waals surface area contributed by atoms with Crippen LogP contribution in [0.5, 0.6) is 5.75 Å². The molecule has 8 nitrogen and oxygen atoms in total. The minimum absolute atomic E-state index is 0.0179. The summed E-state index contributed by atoms with van der Waals surface area (Å²) in [6.07, 6.45) is 0.659. The highest BCUT2D eigenvalue weighted by molar-refractivity contribution is 6.33. The Labute approximate surface area is 245 Å². The third kappa shape index (κ3) is 7.02. The fourth-order valence-electron chi connectivity index (χ4n) is 4.83. The van der Waals surface area contributed by atoms with Crippen LogP contribution in [-0.2, 0) is 11.2 Å². The number of piperazine rings is 1. The molecule has 0 aliphatic carbocycles. The second-order valence-electron chi connectivity index (χ2n) is 9.82. The van der Waals surface area contributed by atoms with Gasteiger partial charge in [-0.05, 0) is 54.4 Å². The van der Waals surface area contributed by atoms with E-state index in [4.69, 9.17) is 16.3 Å². The van der Waals surface area contributed by atoms with E-state index in [1.165, 1.54) is 0 Å². The number of benzene rings is 3. The Morgan fingerprint density at radius 2 is 1.56 bits per heavy atom. The van der Waals surface area contributed by atoms with Crippen LogP contribution in [0.2, 0.25) is 5.02 Å². The van der Waals surface area contributed by atoms with E-state index in [0.29, 0.717) is 61.2 Å². The first-order valence-electron chi connectivity index (χ1n) is 13.6. The molecule has 0 unspecified atom stereocenters. The Morgan fingerprint density at radius 1 is 0.854 bits per heavy atom. The van der Waals surface area contributed by atoms with E-state index in [1.54, 1.807) is 36.3 Å². The molecule has 2 amide bonds. The van der Waals surface area contributed by atoms with Crippen molar-refractivity contribution in [3.63, 3.8) is 0 Å². The molecule has 0 radical (unpaired) electrons. The van der Waals surface area contributed by atoms with Crippen LogP contribution in [0.25, 0.3) is 11.3 Å². The van der Waals surface area contributed by atoms with Crippen LogP contribution in [0.3, 0.4) is 0 Å². The van der Waals surface area contributed by atoms with Crippen LogP contribution in [0.1, 0.15) is 15.9 Å². The van der Waals surface area contributed by atoms with Crippen molar-refractivity contribution in [3.05, 3.63) is 107 Å². The van der Waals surface area contributed by atoms with E-state index in [0.717, 1.165) is 16.9 Å². The van der Waals surface area contributed by atoms with E-state index >= 15 is 0 Å². The highest BCUT2D eigenvalue weighted by Crippen LogP contribution is 2.26. The number of ether oxygens (including phenoxy) is 1. The Morgan fingerprint density at radius 3 is 2.22 bits per heavy atom. The fourth-order valence-corrected chi connectivity index (χ4v) is 5.06. The molecule has 4 aromatic rings. The third-order valence-corrected chi connectivity index (χ3v) is 7.55. The summed E-state index contributed by atoms with van der Waals surface area (Å²) in [6.45, 7) is 2.79.